The highest BCUT2D eigenvalue weighted by molar-refractivity contribution is 7.20. The quantitative estimate of drug-likeness (QED) is 0.377. The van der Waals surface area contributed by atoms with Gasteiger partial charge in [-0.25, -0.2) is 4.39 Å². The molecule has 0 saturated carbocycles. The van der Waals surface area contributed by atoms with E-state index in [-0.39, 0.29) is 11.7 Å². The lowest BCUT2D eigenvalue weighted by atomic mass is 10.2. The van der Waals surface area contributed by atoms with Crippen LogP contribution in [0.5, 0.6) is 0 Å². The summed E-state index contributed by atoms with van der Waals surface area (Å²) < 4.78 is 15.0. The molecular weight excluding hydrogens is 413 g/mol. The van der Waals surface area contributed by atoms with Crippen molar-refractivity contribution in [2.45, 2.75) is 27.3 Å². The largest absolute Gasteiger partial charge is 0.319 e. The number of hydrogen-bond acceptors (Lipinski definition) is 4. The summed E-state index contributed by atoms with van der Waals surface area (Å²) in [6.45, 7) is 6.43. The van der Waals surface area contributed by atoms with Crippen LogP contribution in [0.25, 0.3) is 21.1 Å². The minimum absolute atomic E-state index is 0.180. The zero-order valence-corrected chi connectivity index (χ0v) is 18.3. The molecule has 0 fully saturated rings. The number of rotatable bonds is 4. The Morgan fingerprint density at radius 3 is 2.74 bits per heavy atom. The van der Waals surface area contributed by atoms with E-state index in [1.54, 1.807) is 18.3 Å². The molecule has 2 aromatic carbocycles. The van der Waals surface area contributed by atoms with Crippen LogP contribution in [0.1, 0.15) is 34.8 Å². The Kier molecular flexibility index (Phi) is 5.81. The Morgan fingerprint density at radius 1 is 1.19 bits per heavy atom. The first-order valence-corrected chi connectivity index (χ1v) is 10.8. The molecule has 0 aliphatic heterocycles. The molecule has 0 saturated heterocycles. The number of benzene rings is 2. The summed E-state index contributed by atoms with van der Waals surface area (Å²) in [4.78, 5) is 14.4. The van der Waals surface area contributed by atoms with Gasteiger partial charge in [0, 0.05) is 10.8 Å². The van der Waals surface area contributed by atoms with Crippen molar-refractivity contribution in [1.82, 2.24) is 20.0 Å². The number of hydrogen-bond donors (Lipinski definition) is 2. The monoisotopic (exact) mass is 435 g/mol. The number of anilines is 1. The van der Waals surface area contributed by atoms with Gasteiger partial charge in [-0.3, -0.25) is 14.6 Å². The smallest absolute Gasteiger partial charge is 0.265 e. The zero-order valence-electron chi connectivity index (χ0n) is 17.4. The van der Waals surface area contributed by atoms with Crippen LogP contribution in [0.3, 0.4) is 0 Å². The van der Waals surface area contributed by atoms with E-state index in [0.717, 1.165) is 32.4 Å². The van der Waals surface area contributed by atoms with E-state index in [1.807, 2.05) is 49.7 Å². The molecular formula is C23H22FN5OS. The second-order valence-electron chi connectivity index (χ2n) is 6.79. The van der Waals surface area contributed by atoms with Crippen LogP contribution in [0, 0.1) is 12.7 Å². The Hall–Kier alpha value is -3.52. The predicted octanol–water partition coefficient (Wildman–Crippen LogP) is 5.75. The highest BCUT2D eigenvalue weighted by atomic mass is 32.1. The molecule has 0 aliphatic rings. The summed E-state index contributed by atoms with van der Waals surface area (Å²) in [7, 11) is 0. The lowest BCUT2D eigenvalue weighted by Gasteiger charge is -2.05. The van der Waals surface area contributed by atoms with Crippen molar-refractivity contribution in [1.29, 1.82) is 0 Å². The van der Waals surface area contributed by atoms with Gasteiger partial charge in [-0.05, 0) is 36.8 Å². The number of thiophene rings is 1. The Morgan fingerprint density at radius 2 is 1.97 bits per heavy atom. The van der Waals surface area contributed by atoms with Gasteiger partial charge in [0.05, 0.1) is 34.5 Å². The average Bonchev–Trinajstić information content (AvgIpc) is 3.49. The molecule has 0 bridgehead atoms. The highest BCUT2D eigenvalue weighted by Gasteiger charge is 2.17. The summed E-state index contributed by atoms with van der Waals surface area (Å²) >= 11 is 1.39. The molecule has 3 heterocycles. The number of aromatic amines is 1. The van der Waals surface area contributed by atoms with Crippen LogP contribution in [0.4, 0.5) is 10.1 Å². The zero-order chi connectivity index (χ0) is 22.0. The molecule has 6 nitrogen and oxygen atoms in total. The molecule has 3 aromatic heterocycles. The van der Waals surface area contributed by atoms with E-state index in [1.165, 1.54) is 23.5 Å². The van der Waals surface area contributed by atoms with Gasteiger partial charge in [-0.15, -0.1) is 11.3 Å². The molecule has 5 rings (SSSR count). The second kappa shape index (κ2) is 8.69. The molecule has 158 valence electrons. The summed E-state index contributed by atoms with van der Waals surface area (Å²) in [5.41, 5.74) is 3.28. The van der Waals surface area contributed by atoms with Gasteiger partial charge in [0.25, 0.3) is 5.91 Å². The fourth-order valence-electron chi connectivity index (χ4n) is 3.35. The van der Waals surface area contributed by atoms with Gasteiger partial charge in [0.15, 0.2) is 0 Å². The van der Waals surface area contributed by atoms with Crippen molar-refractivity contribution in [3.63, 3.8) is 0 Å². The number of aryl methyl sites for hydroxylation is 1. The number of amides is 1. The van der Waals surface area contributed by atoms with E-state index in [2.05, 4.69) is 20.6 Å². The number of carbonyl (C=O) groups is 1. The van der Waals surface area contributed by atoms with Crippen molar-refractivity contribution >= 4 is 44.1 Å². The minimum atomic E-state index is -0.266. The van der Waals surface area contributed by atoms with Crippen LogP contribution >= 0.6 is 11.3 Å². The van der Waals surface area contributed by atoms with Gasteiger partial charge < -0.3 is 5.32 Å². The topological polar surface area (TPSA) is 75.6 Å². The average molecular weight is 436 g/mol. The van der Waals surface area contributed by atoms with E-state index >= 15 is 0 Å². The van der Waals surface area contributed by atoms with Gasteiger partial charge in [0.1, 0.15) is 10.6 Å². The Labute approximate surface area is 182 Å². The molecule has 5 aromatic rings. The fourth-order valence-corrected chi connectivity index (χ4v) is 4.41. The third-order valence-electron chi connectivity index (χ3n) is 4.80. The molecule has 0 aliphatic carbocycles. The lowest BCUT2D eigenvalue weighted by Crippen LogP contribution is -2.10. The standard InChI is InChI=1S/C21H16FN5OS.C2H6/c1-12-16-9-18(20(28)24-17-4-2-3-14-10-23-25-19(14)17)29-21(16)27(26-12)11-13-5-7-15(22)8-6-13;1-2/h2-10H,11H2,1H3,(H,23,25)(H,24,28);1-2H3. The van der Waals surface area contributed by atoms with Gasteiger partial charge in [-0.2, -0.15) is 10.2 Å². The van der Waals surface area contributed by atoms with Crippen LogP contribution in [0.15, 0.2) is 54.7 Å². The first kappa shape index (κ1) is 20.7. The predicted molar refractivity (Wildman–Crippen MR) is 123 cm³/mol. The molecule has 8 heteroatoms. The van der Waals surface area contributed by atoms with Crippen LogP contribution < -0.4 is 5.32 Å². The SMILES string of the molecule is CC.Cc1nn(Cc2ccc(F)cc2)c2sc(C(=O)Nc3cccc4cn[nH]c34)cc12. The number of halogens is 1. The molecule has 0 spiro atoms. The number of carbonyl (C=O) groups excluding carboxylic acids is 1. The highest BCUT2D eigenvalue weighted by Crippen LogP contribution is 2.30. The summed E-state index contributed by atoms with van der Waals surface area (Å²) in [6.07, 6.45) is 1.72. The second-order valence-corrected chi connectivity index (χ2v) is 7.82. The summed E-state index contributed by atoms with van der Waals surface area (Å²) in [5, 5.41) is 16.4. The Bertz CT molecular complexity index is 1350. The Balaban J connectivity index is 0.00000112. The van der Waals surface area contributed by atoms with E-state index in [9.17, 15) is 9.18 Å². The normalized spacial score (nSPS) is 10.8. The van der Waals surface area contributed by atoms with Crippen LogP contribution in [-0.4, -0.2) is 25.9 Å². The third kappa shape index (κ3) is 4.06. The van der Waals surface area contributed by atoms with Crippen molar-refractivity contribution < 1.29 is 9.18 Å². The molecule has 1 amide bonds. The molecule has 31 heavy (non-hydrogen) atoms. The summed E-state index contributed by atoms with van der Waals surface area (Å²) in [6, 6.07) is 13.9. The fraction of sp³-hybridized carbons (Fsp3) is 0.174. The van der Waals surface area contributed by atoms with Crippen LogP contribution in [-0.2, 0) is 6.54 Å². The van der Waals surface area contributed by atoms with E-state index < -0.39 is 0 Å². The van der Waals surface area contributed by atoms with Crippen molar-refractivity contribution in [3.05, 3.63) is 76.7 Å². The number of aromatic nitrogens is 4. The number of para-hydroxylation sites is 1. The van der Waals surface area contributed by atoms with Crippen molar-refractivity contribution in [3.8, 4) is 0 Å². The molecule has 0 unspecified atom stereocenters. The number of fused-ring (bicyclic) bond motifs is 2. The van der Waals surface area contributed by atoms with Gasteiger partial charge in [-0.1, -0.05) is 38.1 Å². The third-order valence-corrected chi connectivity index (χ3v) is 5.95. The maximum Gasteiger partial charge on any atom is 0.265 e. The number of H-pyrrole nitrogens is 1. The van der Waals surface area contributed by atoms with E-state index in [0.29, 0.717) is 17.1 Å². The molecule has 0 radical (unpaired) electrons. The first-order valence-electron chi connectivity index (χ1n) is 10.0. The molecule has 2 N–H and O–H groups in total. The van der Waals surface area contributed by atoms with Gasteiger partial charge in [0.2, 0.25) is 0 Å². The van der Waals surface area contributed by atoms with E-state index in [4.69, 9.17) is 0 Å². The maximum absolute atomic E-state index is 13.2. The number of nitrogens with one attached hydrogen (secondary N) is 2. The lowest BCUT2D eigenvalue weighted by molar-refractivity contribution is 0.103. The van der Waals surface area contributed by atoms with Crippen molar-refractivity contribution in [2.24, 2.45) is 0 Å². The minimum Gasteiger partial charge on any atom is -0.319 e. The number of nitrogens with zero attached hydrogens (tertiary/aromatic N) is 3. The van der Waals surface area contributed by atoms with Crippen LogP contribution in [0.2, 0.25) is 0 Å². The molecule has 0 atom stereocenters. The van der Waals surface area contributed by atoms with Crippen molar-refractivity contribution in [2.75, 3.05) is 5.32 Å². The first-order chi connectivity index (χ1) is 15.1. The summed E-state index contributed by atoms with van der Waals surface area (Å²) in [5.74, 6) is -0.445. The van der Waals surface area contributed by atoms with Gasteiger partial charge >= 0.3 is 0 Å². The maximum atomic E-state index is 13.2.